The molecule has 124 valence electrons. The van der Waals surface area contributed by atoms with Gasteiger partial charge in [-0.3, -0.25) is 0 Å². The van der Waals surface area contributed by atoms with Crippen LogP contribution in [0.4, 0.5) is 0 Å². The van der Waals surface area contributed by atoms with Crippen LogP contribution in [0.3, 0.4) is 0 Å². The highest BCUT2D eigenvalue weighted by Gasteiger charge is 2.32. The van der Waals surface area contributed by atoms with Gasteiger partial charge in [0.25, 0.3) is 0 Å². The molecule has 0 aliphatic carbocycles. The van der Waals surface area contributed by atoms with Gasteiger partial charge >= 0.3 is 17.9 Å². The lowest BCUT2D eigenvalue weighted by Crippen LogP contribution is -2.39. The third-order valence-electron chi connectivity index (χ3n) is 3.22. The Morgan fingerprint density at radius 1 is 0.792 bits per heavy atom. The number of aliphatic carboxylic acids is 1. The molecule has 0 amide bonds. The van der Waals surface area contributed by atoms with E-state index in [0.717, 1.165) is 0 Å². The molecule has 6 nitrogen and oxygen atoms in total. The zero-order valence-corrected chi connectivity index (χ0v) is 12.9. The van der Waals surface area contributed by atoms with Gasteiger partial charge in [-0.1, -0.05) is 36.4 Å². The highest BCUT2D eigenvalue weighted by molar-refractivity contribution is 5.92. The Hall–Kier alpha value is -3.15. The molecule has 0 heterocycles. The van der Waals surface area contributed by atoms with E-state index in [1.165, 1.54) is 19.1 Å². The largest absolute Gasteiger partial charge is 0.478 e. The van der Waals surface area contributed by atoms with E-state index >= 15 is 0 Å². The normalized spacial score (nSPS) is 12.7. The summed E-state index contributed by atoms with van der Waals surface area (Å²) in [5, 5.41) is 9.25. The molecule has 0 radical (unpaired) electrons. The second-order valence-corrected chi connectivity index (χ2v) is 5.01. The van der Waals surface area contributed by atoms with Crippen LogP contribution in [-0.2, 0) is 14.3 Å². The van der Waals surface area contributed by atoms with Crippen LogP contribution in [0.25, 0.3) is 0 Å². The van der Waals surface area contributed by atoms with Crippen molar-refractivity contribution in [3.8, 4) is 0 Å². The number of rotatable bonds is 6. The summed E-state index contributed by atoms with van der Waals surface area (Å²) in [6.45, 7) is 1.36. The van der Waals surface area contributed by atoms with Crippen molar-refractivity contribution in [1.29, 1.82) is 0 Å². The Balaban J connectivity index is 2.05. The van der Waals surface area contributed by atoms with Gasteiger partial charge in [-0.15, -0.1) is 0 Å². The number of carboxylic acid groups (broad SMARTS) is 1. The first-order valence-corrected chi connectivity index (χ1v) is 7.24. The first-order chi connectivity index (χ1) is 11.5. The van der Waals surface area contributed by atoms with Crippen molar-refractivity contribution < 1.29 is 29.0 Å². The van der Waals surface area contributed by atoms with E-state index in [1.807, 2.05) is 0 Å². The van der Waals surface area contributed by atoms with E-state index < -0.39 is 30.1 Å². The molecular weight excluding hydrogens is 312 g/mol. The number of carbonyl (C=O) groups is 3. The summed E-state index contributed by atoms with van der Waals surface area (Å²) in [7, 11) is 0. The number of carboxylic acids is 1. The summed E-state index contributed by atoms with van der Waals surface area (Å²) >= 11 is 0. The minimum Gasteiger partial charge on any atom is -0.478 e. The quantitative estimate of drug-likeness (QED) is 0.820. The molecule has 0 fully saturated rings. The molecule has 24 heavy (non-hydrogen) atoms. The maximum Gasteiger partial charge on any atom is 0.348 e. The van der Waals surface area contributed by atoms with Crippen molar-refractivity contribution in [2.75, 3.05) is 0 Å². The third-order valence-corrected chi connectivity index (χ3v) is 3.22. The molecule has 0 spiro atoms. The number of carbonyl (C=O) groups excluding carboxylic acids is 2. The summed E-state index contributed by atoms with van der Waals surface area (Å²) in [4.78, 5) is 35.3. The predicted molar refractivity (Wildman–Crippen MR) is 84.6 cm³/mol. The van der Waals surface area contributed by atoms with Gasteiger partial charge in [-0.2, -0.15) is 0 Å². The minimum absolute atomic E-state index is 0.213. The standard InChI is InChI=1S/C18H16O6/c1-12(23-17(21)13-8-4-2-5-9-13)15(16(19)20)24-18(22)14-10-6-3-7-11-14/h2-12,15H,1H3,(H,19,20). The van der Waals surface area contributed by atoms with Gasteiger partial charge in [0.2, 0.25) is 6.10 Å². The number of benzene rings is 2. The number of hydrogen-bond donors (Lipinski definition) is 1. The molecule has 6 heteroatoms. The number of hydrogen-bond acceptors (Lipinski definition) is 5. The average Bonchev–Trinajstić information content (AvgIpc) is 2.60. The maximum atomic E-state index is 12.0. The zero-order chi connectivity index (χ0) is 17.5. The molecule has 0 aliphatic heterocycles. The molecule has 0 aliphatic rings. The van der Waals surface area contributed by atoms with E-state index in [9.17, 15) is 19.5 Å². The second-order valence-electron chi connectivity index (χ2n) is 5.01. The van der Waals surface area contributed by atoms with Crippen molar-refractivity contribution in [2.24, 2.45) is 0 Å². The zero-order valence-electron chi connectivity index (χ0n) is 12.9. The lowest BCUT2D eigenvalue weighted by atomic mass is 10.2. The van der Waals surface area contributed by atoms with E-state index in [4.69, 9.17) is 9.47 Å². The Labute approximate surface area is 138 Å². The molecule has 1 N–H and O–H groups in total. The fourth-order valence-electron chi connectivity index (χ4n) is 1.98. The molecule has 2 rings (SSSR count). The van der Waals surface area contributed by atoms with Gasteiger partial charge in [-0.05, 0) is 31.2 Å². The molecule has 2 unspecified atom stereocenters. The maximum absolute atomic E-state index is 12.0. The monoisotopic (exact) mass is 328 g/mol. The van der Waals surface area contributed by atoms with Crippen molar-refractivity contribution in [3.05, 3.63) is 71.8 Å². The number of ether oxygens (including phenoxy) is 2. The van der Waals surface area contributed by atoms with E-state index in [-0.39, 0.29) is 11.1 Å². The van der Waals surface area contributed by atoms with Gasteiger partial charge in [0, 0.05) is 0 Å². The molecule has 0 saturated carbocycles. The van der Waals surface area contributed by atoms with Crippen molar-refractivity contribution in [3.63, 3.8) is 0 Å². The van der Waals surface area contributed by atoms with E-state index in [2.05, 4.69) is 0 Å². The Bertz CT molecular complexity index is 711. The molecule has 0 saturated heterocycles. The summed E-state index contributed by atoms with van der Waals surface area (Å²) in [6, 6.07) is 16.1. The van der Waals surface area contributed by atoms with Gasteiger partial charge in [-0.25, -0.2) is 14.4 Å². The molecule has 0 aromatic heterocycles. The molecule has 2 atom stereocenters. The van der Waals surface area contributed by atoms with Crippen LogP contribution in [0.2, 0.25) is 0 Å². The lowest BCUT2D eigenvalue weighted by Gasteiger charge is -2.20. The van der Waals surface area contributed by atoms with Crippen molar-refractivity contribution in [1.82, 2.24) is 0 Å². The first-order valence-electron chi connectivity index (χ1n) is 7.24. The predicted octanol–water partition coefficient (Wildman–Crippen LogP) is 2.54. The molecule has 0 bridgehead atoms. The molecular formula is C18H16O6. The van der Waals surface area contributed by atoms with Crippen LogP contribution in [0.1, 0.15) is 27.6 Å². The van der Waals surface area contributed by atoms with Crippen molar-refractivity contribution in [2.45, 2.75) is 19.1 Å². The smallest absolute Gasteiger partial charge is 0.348 e. The van der Waals surface area contributed by atoms with E-state index in [1.54, 1.807) is 48.5 Å². The van der Waals surface area contributed by atoms with Gasteiger partial charge in [0.05, 0.1) is 11.1 Å². The molecule has 2 aromatic carbocycles. The SMILES string of the molecule is CC(OC(=O)c1ccccc1)C(OC(=O)c1ccccc1)C(=O)O. The Morgan fingerprint density at radius 3 is 1.62 bits per heavy atom. The van der Waals surface area contributed by atoms with Crippen LogP contribution in [0.5, 0.6) is 0 Å². The van der Waals surface area contributed by atoms with Crippen LogP contribution in [0.15, 0.2) is 60.7 Å². The second kappa shape index (κ2) is 7.92. The van der Waals surface area contributed by atoms with Gasteiger partial charge < -0.3 is 14.6 Å². The van der Waals surface area contributed by atoms with E-state index in [0.29, 0.717) is 0 Å². The van der Waals surface area contributed by atoms with Gasteiger partial charge in [0.1, 0.15) is 6.10 Å². The topological polar surface area (TPSA) is 89.9 Å². The van der Waals surface area contributed by atoms with Crippen LogP contribution in [0, 0.1) is 0 Å². The lowest BCUT2D eigenvalue weighted by molar-refractivity contribution is -0.153. The Kier molecular flexibility index (Phi) is 5.68. The summed E-state index contributed by atoms with van der Waals surface area (Å²) in [5.41, 5.74) is 0.494. The fraction of sp³-hybridized carbons (Fsp3) is 0.167. The van der Waals surface area contributed by atoms with Crippen LogP contribution >= 0.6 is 0 Å². The van der Waals surface area contributed by atoms with Gasteiger partial charge in [0.15, 0.2) is 0 Å². The number of esters is 2. The average molecular weight is 328 g/mol. The third kappa shape index (κ3) is 4.42. The summed E-state index contributed by atoms with van der Waals surface area (Å²) < 4.78 is 10.1. The van der Waals surface area contributed by atoms with Crippen molar-refractivity contribution >= 4 is 17.9 Å². The summed E-state index contributed by atoms with van der Waals surface area (Å²) in [5.74, 6) is -2.89. The highest BCUT2D eigenvalue weighted by atomic mass is 16.6. The Morgan fingerprint density at radius 2 is 1.21 bits per heavy atom. The summed E-state index contributed by atoms with van der Waals surface area (Å²) in [6.07, 6.45) is -2.76. The first kappa shape index (κ1) is 17.2. The van der Waals surface area contributed by atoms with Crippen LogP contribution < -0.4 is 0 Å². The van der Waals surface area contributed by atoms with Crippen LogP contribution in [-0.4, -0.2) is 35.2 Å². The fourth-order valence-corrected chi connectivity index (χ4v) is 1.98. The molecule has 2 aromatic rings. The highest BCUT2D eigenvalue weighted by Crippen LogP contribution is 2.12. The minimum atomic E-state index is -1.61.